The highest BCUT2D eigenvalue weighted by Crippen LogP contribution is 2.31. The summed E-state index contributed by atoms with van der Waals surface area (Å²) in [6.07, 6.45) is 8.53. The Morgan fingerprint density at radius 2 is 2.00 bits per heavy atom. The minimum absolute atomic E-state index is 0.470. The summed E-state index contributed by atoms with van der Waals surface area (Å²) in [5.74, 6) is 2.50. The summed E-state index contributed by atoms with van der Waals surface area (Å²) >= 11 is 0. The third kappa shape index (κ3) is 4.31. The molecule has 0 amide bonds. The Morgan fingerprint density at radius 3 is 2.69 bits per heavy atom. The van der Waals surface area contributed by atoms with Crippen molar-refractivity contribution in [3.8, 4) is 11.5 Å². The number of aryl methyl sites for hydroxylation is 1. The Labute approximate surface area is 154 Å². The number of methoxy groups -OCH3 is 2. The average molecular weight is 356 g/mol. The minimum Gasteiger partial charge on any atom is -0.497 e. The van der Waals surface area contributed by atoms with Gasteiger partial charge in [-0.05, 0) is 31.7 Å². The molecule has 1 aromatic heterocycles. The molecule has 3 rings (SSSR count). The molecule has 0 saturated carbocycles. The highest BCUT2D eigenvalue weighted by Gasteiger charge is 2.12. The number of guanidine groups is 1. The summed E-state index contributed by atoms with van der Waals surface area (Å²) < 4.78 is 10.8. The van der Waals surface area contributed by atoms with Gasteiger partial charge in [0.05, 0.1) is 19.7 Å². The monoisotopic (exact) mass is 356 g/mol. The molecule has 6 heteroatoms. The number of hydrogen-bond donors (Lipinski definition) is 3. The van der Waals surface area contributed by atoms with Crippen LogP contribution in [0, 0.1) is 0 Å². The van der Waals surface area contributed by atoms with E-state index in [9.17, 15) is 0 Å². The molecule has 1 aromatic carbocycles. The molecule has 0 fully saturated rings. The van der Waals surface area contributed by atoms with Gasteiger partial charge in [-0.25, -0.2) is 0 Å². The van der Waals surface area contributed by atoms with Crippen molar-refractivity contribution in [1.29, 1.82) is 0 Å². The van der Waals surface area contributed by atoms with Crippen molar-refractivity contribution < 1.29 is 9.47 Å². The summed E-state index contributed by atoms with van der Waals surface area (Å²) in [5.41, 5.74) is 2.23. The third-order valence-electron chi connectivity index (χ3n) is 4.67. The SMILES string of the molecule is CN=C(NCCCc1cc2c(OC)cc(OC)cc2[nH]1)NC1CC=CC1. The van der Waals surface area contributed by atoms with Crippen LogP contribution in [0.1, 0.15) is 25.0 Å². The maximum atomic E-state index is 5.48. The second-order valence-corrected chi connectivity index (χ2v) is 6.47. The Bertz CT molecular complexity index is 786. The van der Waals surface area contributed by atoms with E-state index in [0.717, 1.165) is 60.6 Å². The van der Waals surface area contributed by atoms with Crippen molar-refractivity contribution in [3.63, 3.8) is 0 Å². The van der Waals surface area contributed by atoms with Crippen LogP contribution in [0.4, 0.5) is 0 Å². The summed E-state index contributed by atoms with van der Waals surface area (Å²) in [7, 11) is 5.16. The van der Waals surface area contributed by atoms with E-state index < -0.39 is 0 Å². The first-order valence-corrected chi connectivity index (χ1v) is 9.09. The molecular formula is C20H28N4O2. The highest BCUT2D eigenvalue weighted by atomic mass is 16.5. The normalized spacial score (nSPS) is 14.8. The lowest BCUT2D eigenvalue weighted by atomic mass is 10.2. The van der Waals surface area contributed by atoms with Gasteiger partial charge in [-0.15, -0.1) is 0 Å². The average Bonchev–Trinajstić information content (AvgIpc) is 3.32. The highest BCUT2D eigenvalue weighted by molar-refractivity contribution is 5.88. The van der Waals surface area contributed by atoms with E-state index in [2.05, 4.69) is 38.8 Å². The molecule has 1 aliphatic rings. The van der Waals surface area contributed by atoms with E-state index in [4.69, 9.17) is 9.47 Å². The summed E-state index contributed by atoms with van der Waals surface area (Å²) in [5, 5.41) is 7.93. The van der Waals surface area contributed by atoms with Crippen molar-refractivity contribution in [2.24, 2.45) is 4.99 Å². The quantitative estimate of drug-likeness (QED) is 0.309. The zero-order chi connectivity index (χ0) is 18.4. The zero-order valence-electron chi connectivity index (χ0n) is 15.8. The van der Waals surface area contributed by atoms with Crippen LogP contribution >= 0.6 is 0 Å². The largest absolute Gasteiger partial charge is 0.497 e. The van der Waals surface area contributed by atoms with Crippen molar-refractivity contribution in [2.45, 2.75) is 31.7 Å². The van der Waals surface area contributed by atoms with Gasteiger partial charge < -0.3 is 25.1 Å². The number of hydrogen-bond acceptors (Lipinski definition) is 3. The second-order valence-electron chi connectivity index (χ2n) is 6.47. The summed E-state index contributed by atoms with van der Waals surface area (Å²) in [6, 6.07) is 6.54. The van der Waals surface area contributed by atoms with Gasteiger partial charge in [0.1, 0.15) is 11.5 Å². The second kappa shape index (κ2) is 8.65. The molecule has 0 unspecified atom stereocenters. The predicted octanol–water partition coefficient (Wildman–Crippen LogP) is 3.00. The van der Waals surface area contributed by atoms with E-state index in [1.165, 1.54) is 5.69 Å². The molecule has 2 aromatic rings. The molecule has 1 aliphatic carbocycles. The van der Waals surface area contributed by atoms with Gasteiger partial charge in [-0.1, -0.05) is 12.2 Å². The number of fused-ring (bicyclic) bond motifs is 1. The topological polar surface area (TPSA) is 70.7 Å². The van der Waals surface area contributed by atoms with E-state index in [-0.39, 0.29) is 0 Å². The first kappa shape index (κ1) is 18.2. The van der Waals surface area contributed by atoms with Crippen molar-refractivity contribution in [1.82, 2.24) is 15.6 Å². The molecule has 0 atom stereocenters. The number of aromatic nitrogens is 1. The van der Waals surface area contributed by atoms with Crippen LogP contribution in [-0.4, -0.2) is 44.8 Å². The van der Waals surface area contributed by atoms with Crippen LogP contribution in [-0.2, 0) is 6.42 Å². The Morgan fingerprint density at radius 1 is 1.19 bits per heavy atom. The molecule has 26 heavy (non-hydrogen) atoms. The fraction of sp³-hybridized carbons (Fsp3) is 0.450. The zero-order valence-corrected chi connectivity index (χ0v) is 15.8. The van der Waals surface area contributed by atoms with Crippen LogP contribution in [0.3, 0.4) is 0 Å². The van der Waals surface area contributed by atoms with Gasteiger partial charge in [-0.2, -0.15) is 0 Å². The lowest BCUT2D eigenvalue weighted by molar-refractivity contribution is 0.398. The maximum Gasteiger partial charge on any atom is 0.191 e. The van der Waals surface area contributed by atoms with Gasteiger partial charge in [0.25, 0.3) is 0 Å². The number of rotatable bonds is 7. The standard InChI is InChI=1S/C20H28N4O2/c1-21-20(24-14-7-4-5-8-14)22-10-6-9-15-11-17-18(23-15)12-16(25-2)13-19(17)26-3/h4-5,11-14,23H,6-10H2,1-3H3,(H2,21,22,24). The molecule has 1 heterocycles. The number of nitrogens with one attached hydrogen (secondary N) is 3. The fourth-order valence-corrected chi connectivity index (χ4v) is 3.27. The number of aliphatic imine (C=N–C) groups is 1. The molecule has 0 radical (unpaired) electrons. The van der Waals surface area contributed by atoms with Crippen molar-refractivity contribution in [3.05, 3.63) is 36.0 Å². The van der Waals surface area contributed by atoms with E-state index in [0.29, 0.717) is 6.04 Å². The lowest BCUT2D eigenvalue weighted by Crippen LogP contribution is -2.42. The van der Waals surface area contributed by atoms with E-state index >= 15 is 0 Å². The molecule has 0 spiro atoms. The molecule has 0 bridgehead atoms. The van der Waals surface area contributed by atoms with Crippen LogP contribution in [0.15, 0.2) is 35.3 Å². The molecule has 3 N–H and O–H groups in total. The van der Waals surface area contributed by atoms with Gasteiger partial charge in [0.15, 0.2) is 5.96 Å². The maximum absolute atomic E-state index is 5.48. The molecule has 0 saturated heterocycles. The molecule has 0 aliphatic heterocycles. The van der Waals surface area contributed by atoms with Crippen LogP contribution in [0.2, 0.25) is 0 Å². The van der Waals surface area contributed by atoms with Crippen LogP contribution < -0.4 is 20.1 Å². The fourth-order valence-electron chi connectivity index (χ4n) is 3.27. The number of aromatic amines is 1. The van der Waals surface area contributed by atoms with Gasteiger partial charge in [0, 0.05) is 42.8 Å². The minimum atomic E-state index is 0.470. The van der Waals surface area contributed by atoms with E-state index in [1.807, 2.05) is 19.2 Å². The number of benzene rings is 1. The number of H-pyrrole nitrogens is 1. The molecular weight excluding hydrogens is 328 g/mol. The third-order valence-corrected chi connectivity index (χ3v) is 4.67. The lowest BCUT2D eigenvalue weighted by Gasteiger charge is -2.16. The molecule has 6 nitrogen and oxygen atoms in total. The number of nitrogens with zero attached hydrogens (tertiary/aromatic N) is 1. The van der Waals surface area contributed by atoms with Crippen molar-refractivity contribution >= 4 is 16.9 Å². The first-order chi connectivity index (χ1) is 12.7. The smallest absolute Gasteiger partial charge is 0.191 e. The van der Waals surface area contributed by atoms with Gasteiger partial charge in [0.2, 0.25) is 0 Å². The van der Waals surface area contributed by atoms with Crippen molar-refractivity contribution in [2.75, 3.05) is 27.8 Å². The first-order valence-electron chi connectivity index (χ1n) is 9.09. The Kier molecular flexibility index (Phi) is 6.04. The Hall–Kier alpha value is -2.63. The van der Waals surface area contributed by atoms with Crippen LogP contribution in [0.25, 0.3) is 10.9 Å². The predicted molar refractivity (Wildman–Crippen MR) is 106 cm³/mol. The van der Waals surface area contributed by atoms with Gasteiger partial charge >= 0.3 is 0 Å². The van der Waals surface area contributed by atoms with Gasteiger partial charge in [-0.3, -0.25) is 4.99 Å². The summed E-state index contributed by atoms with van der Waals surface area (Å²) in [6.45, 7) is 0.871. The summed E-state index contributed by atoms with van der Waals surface area (Å²) in [4.78, 5) is 7.76. The number of ether oxygens (including phenoxy) is 2. The molecule has 140 valence electrons. The Balaban J connectivity index is 1.53. The van der Waals surface area contributed by atoms with Crippen LogP contribution in [0.5, 0.6) is 11.5 Å². The van der Waals surface area contributed by atoms with E-state index in [1.54, 1.807) is 14.2 Å².